The van der Waals surface area contributed by atoms with Gasteiger partial charge in [-0.25, -0.2) is 4.21 Å². The highest BCUT2D eigenvalue weighted by molar-refractivity contribution is 8.00. The number of alkyl halides is 3. The van der Waals surface area contributed by atoms with Crippen LogP contribution in [0.15, 0.2) is 62.1 Å². The van der Waals surface area contributed by atoms with Crippen LogP contribution in [-0.4, -0.2) is 12.6 Å². The van der Waals surface area contributed by atoms with Crippen molar-refractivity contribution in [2.24, 2.45) is 3.77 Å². The van der Waals surface area contributed by atoms with Crippen LogP contribution in [0.25, 0.3) is 0 Å². The SMILES string of the molecule is Cc1ccc(S(=O)(=O)N=S(=O)(F)c2cccc(C(F)(F)F)c2)cc1. The van der Waals surface area contributed by atoms with Gasteiger partial charge >= 0.3 is 6.18 Å². The van der Waals surface area contributed by atoms with E-state index in [2.05, 4.69) is 3.77 Å². The summed E-state index contributed by atoms with van der Waals surface area (Å²) in [5.74, 6) is 0. The molecular weight excluding hydrogens is 370 g/mol. The summed E-state index contributed by atoms with van der Waals surface area (Å²) in [4.78, 5) is -1.38. The molecule has 0 saturated carbocycles. The lowest BCUT2D eigenvalue weighted by Gasteiger charge is -2.08. The summed E-state index contributed by atoms with van der Waals surface area (Å²) in [6, 6.07) is 7.65. The fourth-order valence-electron chi connectivity index (χ4n) is 1.75. The molecule has 2 aromatic carbocycles. The first-order valence-corrected chi connectivity index (χ1v) is 9.24. The summed E-state index contributed by atoms with van der Waals surface area (Å²) >= 11 is 0. The standard InChI is InChI=1S/C14H11F4NO3S2/c1-10-5-7-12(8-6-10)24(21,22)19-23(18,20)13-4-2-3-11(9-13)14(15,16)17/h2-9H,1H3. The van der Waals surface area contributed by atoms with Crippen LogP contribution in [0.4, 0.5) is 17.1 Å². The second-order valence-electron chi connectivity index (χ2n) is 4.85. The molecule has 4 nitrogen and oxygen atoms in total. The average Bonchev–Trinajstić information content (AvgIpc) is 2.46. The molecule has 0 saturated heterocycles. The zero-order valence-electron chi connectivity index (χ0n) is 12.1. The van der Waals surface area contributed by atoms with Crippen molar-refractivity contribution in [3.8, 4) is 0 Å². The Labute approximate surface area is 136 Å². The third kappa shape index (κ3) is 4.12. The molecule has 10 heteroatoms. The monoisotopic (exact) mass is 381 g/mol. The van der Waals surface area contributed by atoms with Gasteiger partial charge in [-0.2, -0.15) is 21.6 Å². The summed E-state index contributed by atoms with van der Waals surface area (Å²) in [7, 11) is -9.71. The van der Waals surface area contributed by atoms with Gasteiger partial charge in [0.15, 0.2) is 0 Å². The maximum absolute atomic E-state index is 14.3. The summed E-state index contributed by atoms with van der Waals surface area (Å²) in [5.41, 5.74) is -0.527. The maximum atomic E-state index is 14.3. The lowest BCUT2D eigenvalue weighted by atomic mass is 10.2. The highest BCUT2D eigenvalue weighted by atomic mass is 32.3. The Balaban J connectivity index is 2.55. The van der Waals surface area contributed by atoms with E-state index in [9.17, 15) is 29.7 Å². The number of halogens is 4. The van der Waals surface area contributed by atoms with Gasteiger partial charge in [0.2, 0.25) is 10.1 Å². The van der Waals surface area contributed by atoms with Crippen molar-refractivity contribution >= 4 is 20.1 Å². The highest BCUT2D eigenvalue weighted by Gasteiger charge is 2.32. The van der Waals surface area contributed by atoms with Crippen molar-refractivity contribution in [2.45, 2.75) is 22.9 Å². The zero-order valence-corrected chi connectivity index (χ0v) is 13.8. The van der Waals surface area contributed by atoms with Crippen molar-refractivity contribution in [1.82, 2.24) is 0 Å². The third-order valence-electron chi connectivity index (χ3n) is 2.96. The van der Waals surface area contributed by atoms with Gasteiger partial charge in [-0.05, 0) is 37.3 Å². The number of benzene rings is 2. The lowest BCUT2D eigenvalue weighted by molar-refractivity contribution is -0.137. The molecule has 0 spiro atoms. The van der Waals surface area contributed by atoms with Crippen LogP contribution in [0.3, 0.4) is 0 Å². The van der Waals surface area contributed by atoms with E-state index in [1.54, 1.807) is 6.92 Å². The zero-order chi connectivity index (χ0) is 18.2. The maximum Gasteiger partial charge on any atom is 0.416 e. The van der Waals surface area contributed by atoms with E-state index in [4.69, 9.17) is 0 Å². The van der Waals surface area contributed by atoms with Gasteiger partial charge in [-0.1, -0.05) is 27.5 Å². The molecule has 2 aromatic rings. The summed E-state index contributed by atoms with van der Waals surface area (Å²) in [6.07, 6.45) is -4.79. The predicted octanol–water partition coefficient (Wildman–Crippen LogP) is 4.11. The number of hydrogen-bond donors (Lipinski definition) is 0. The minimum atomic E-state index is -5.07. The molecule has 1 unspecified atom stereocenters. The van der Waals surface area contributed by atoms with Gasteiger partial charge in [0.1, 0.15) is 0 Å². The minimum absolute atomic E-state index is 0.274. The van der Waals surface area contributed by atoms with Crippen LogP contribution in [-0.2, 0) is 26.3 Å². The van der Waals surface area contributed by atoms with Crippen LogP contribution in [0, 0.1) is 6.92 Å². The second kappa shape index (κ2) is 6.17. The first-order valence-electron chi connectivity index (χ1n) is 6.39. The van der Waals surface area contributed by atoms with Crippen molar-refractivity contribution < 1.29 is 29.7 Å². The van der Waals surface area contributed by atoms with Crippen molar-refractivity contribution in [1.29, 1.82) is 0 Å². The fraction of sp³-hybridized carbons (Fsp3) is 0.143. The van der Waals surface area contributed by atoms with E-state index in [0.717, 1.165) is 29.8 Å². The van der Waals surface area contributed by atoms with Gasteiger partial charge in [-0.15, -0.1) is 3.89 Å². The smallest absolute Gasteiger partial charge is 0.210 e. The number of nitrogens with zero attached hydrogens (tertiary/aromatic N) is 1. The van der Waals surface area contributed by atoms with Crippen molar-refractivity contribution in [3.05, 3.63) is 59.7 Å². The molecule has 0 aliphatic heterocycles. The molecule has 130 valence electrons. The molecule has 0 bridgehead atoms. The second-order valence-corrected chi connectivity index (χ2v) is 8.25. The summed E-state index contributed by atoms with van der Waals surface area (Å²) < 4.78 is 90.8. The third-order valence-corrected chi connectivity index (χ3v) is 6.22. The first kappa shape index (κ1) is 18.4. The molecule has 2 rings (SSSR count). The van der Waals surface area contributed by atoms with Crippen molar-refractivity contribution in [2.75, 3.05) is 0 Å². The number of hydrogen-bond acceptors (Lipinski definition) is 3. The Morgan fingerprint density at radius 1 is 0.917 bits per heavy atom. The summed E-state index contributed by atoms with van der Waals surface area (Å²) in [5, 5.41) is 0. The Kier molecular flexibility index (Phi) is 4.73. The van der Waals surface area contributed by atoms with E-state index < -0.39 is 41.7 Å². The van der Waals surface area contributed by atoms with E-state index in [0.29, 0.717) is 6.07 Å². The summed E-state index contributed by atoms with van der Waals surface area (Å²) in [6.45, 7) is 1.69. The first-order chi connectivity index (χ1) is 10.9. The van der Waals surface area contributed by atoms with Crippen LogP contribution >= 0.6 is 0 Å². The molecule has 0 aliphatic rings. The van der Waals surface area contributed by atoms with Gasteiger partial charge in [0.25, 0.3) is 10.0 Å². The Morgan fingerprint density at radius 2 is 1.50 bits per heavy atom. The Bertz CT molecular complexity index is 974. The topological polar surface area (TPSA) is 63.6 Å². The Hall–Kier alpha value is -1.94. The van der Waals surface area contributed by atoms with E-state index in [1.165, 1.54) is 12.1 Å². The van der Waals surface area contributed by atoms with E-state index >= 15 is 0 Å². The average molecular weight is 381 g/mol. The lowest BCUT2D eigenvalue weighted by Crippen LogP contribution is -2.07. The molecule has 1 atom stereocenters. The quantitative estimate of drug-likeness (QED) is 0.594. The molecule has 24 heavy (non-hydrogen) atoms. The molecule has 0 N–H and O–H groups in total. The molecule has 0 aromatic heterocycles. The van der Waals surface area contributed by atoms with Crippen LogP contribution in [0.1, 0.15) is 11.1 Å². The van der Waals surface area contributed by atoms with Crippen LogP contribution in [0.2, 0.25) is 0 Å². The molecule has 0 radical (unpaired) electrons. The van der Waals surface area contributed by atoms with Crippen LogP contribution < -0.4 is 0 Å². The Morgan fingerprint density at radius 3 is 2.04 bits per heavy atom. The molecule has 0 amide bonds. The van der Waals surface area contributed by atoms with E-state index in [1.807, 2.05) is 0 Å². The molecule has 0 fully saturated rings. The van der Waals surface area contributed by atoms with Gasteiger partial charge < -0.3 is 0 Å². The van der Waals surface area contributed by atoms with Gasteiger partial charge in [0.05, 0.1) is 15.4 Å². The fourth-order valence-corrected chi connectivity index (χ4v) is 4.45. The molecule has 0 aliphatic carbocycles. The van der Waals surface area contributed by atoms with Gasteiger partial charge in [0, 0.05) is 0 Å². The minimum Gasteiger partial charge on any atom is -0.210 e. The molecular formula is C14H11F4NO3S2. The normalized spacial score (nSPS) is 14.9. The molecule has 0 heterocycles. The predicted molar refractivity (Wildman–Crippen MR) is 79.8 cm³/mol. The highest BCUT2D eigenvalue weighted by Crippen LogP contribution is 2.31. The number of sulfonamides is 1. The van der Waals surface area contributed by atoms with E-state index in [-0.39, 0.29) is 6.07 Å². The van der Waals surface area contributed by atoms with Crippen molar-refractivity contribution in [3.63, 3.8) is 0 Å². The van der Waals surface area contributed by atoms with Crippen LogP contribution in [0.5, 0.6) is 0 Å². The number of aryl methyl sites for hydroxylation is 1. The van der Waals surface area contributed by atoms with Gasteiger partial charge in [-0.3, -0.25) is 0 Å². The largest absolute Gasteiger partial charge is 0.416 e. The number of rotatable bonds is 3.